The van der Waals surface area contributed by atoms with Crippen LogP contribution >= 0.6 is 0 Å². The summed E-state index contributed by atoms with van der Waals surface area (Å²) >= 11 is 0. The number of pyridine rings is 1. The molecule has 166 valence electrons. The third-order valence-electron chi connectivity index (χ3n) is 5.01. The van der Waals surface area contributed by atoms with Gasteiger partial charge in [-0.05, 0) is 51.0 Å². The van der Waals surface area contributed by atoms with Gasteiger partial charge in [-0.1, -0.05) is 35.9 Å². The lowest BCUT2D eigenvalue weighted by Crippen LogP contribution is -2.31. The van der Waals surface area contributed by atoms with Crippen molar-refractivity contribution in [1.29, 1.82) is 0 Å². The summed E-state index contributed by atoms with van der Waals surface area (Å²) in [4.78, 5) is 28.5. The Morgan fingerprint density at radius 1 is 1.16 bits per heavy atom. The summed E-state index contributed by atoms with van der Waals surface area (Å²) < 4.78 is 1.90. The van der Waals surface area contributed by atoms with E-state index in [0.717, 1.165) is 5.56 Å². The van der Waals surface area contributed by atoms with Gasteiger partial charge in [0, 0.05) is 36.1 Å². The quantitative estimate of drug-likeness (QED) is 0.571. The first-order chi connectivity index (χ1) is 15.4. The summed E-state index contributed by atoms with van der Waals surface area (Å²) in [5.41, 5.74) is 5.30. The lowest BCUT2D eigenvalue weighted by atomic mass is 10.1. The fourth-order valence-corrected chi connectivity index (χ4v) is 3.29. The summed E-state index contributed by atoms with van der Waals surface area (Å²) in [5.74, 6) is -0.562. The molecule has 1 atom stereocenters. The van der Waals surface area contributed by atoms with Gasteiger partial charge >= 0.3 is 0 Å². The Morgan fingerprint density at radius 2 is 1.97 bits per heavy atom. The van der Waals surface area contributed by atoms with Crippen LogP contribution in [0.2, 0.25) is 0 Å². The van der Waals surface area contributed by atoms with Crippen LogP contribution < -0.4 is 10.6 Å². The number of hydrogen-bond acceptors (Lipinski definition) is 4. The maximum atomic E-state index is 12.5. The molecule has 0 spiro atoms. The van der Waals surface area contributed by atoms with E-state index in [0.29, 0.717) is 18.7 Å². The molecule has 0 radical (unpaired) electrons. The zero-order valence-corrected chi connectivity index (χ0v) is 18.9. The topological polar surface area (TPSA) is 88.9 Å². The normalized spacial score (nSPS) is 12.0. The molecule has 0 aliphatic heterocycles. The van der Waals surface area contributed by atoms with Crippen LogP contribution in [-0.4, -0.2) is 39.2 Å². The maximum Gasteiger partial charge on any atom is 0.269 e. The van der Waals surface area contributed by atoms with Crippen molar-refractivity contribution in [1.82, 2.24) is 25.4 Å². The second-order valence-electron chi connectivity index (χ2n) is 7.81. The fraction of sp³-hybridized carbons (Fsp3) is 0.280. The molecule has 3 rings (SSSR count). The molecule has 2 amide bonds. The van der Waals surface area contributed by atoms with Gasteiger partial charge in [0.2, 0.25) is 0 Å². The number of nitrogens with zero attached hydrogens (tertiary/aromatic N) is 3. The van der Waals surface area contributed by atoms with E-state index in [1.54, 1.807) is 12.3 Å². The molecule has 2 N–H and O–H groups in total. The zero-order valence-electron chi connectivity index (χ0n) is 18.9. The number of aromatic nitrogens is 3. The Balaban J connectivity index is 1.59. The van der Waals surface area contributed by atoms with Crippen LogP contribution in [0, 0.1) is 13.8 Å². The van der Waals surface area contributed by atoms with Gasteiger partial charge in [0.1, 0.15) is 5.69 Å². The number of nitrogens with one attached hydrogen (secondary N) is 2. The molecule has 32 heavy (non-hydrogen) atoms. The number of carbonyl (C=O) groups is 2. The minimum Gasteiger partial charge on any atom is -0.351 e. The van der Waals surface area contributed by atoms with Gasteiger partial charge in [0.25, 0.3) is 11.8 Å². The van der Waals surface area contributed by atoms with Crippen LogP contribution in [-0.2, 0) is 6.54 Å². The summed E-state index contributed by atoms with van der Waals surface area (Å²) in [6, 6.07) is 9.30. The predicted molar refractivity (Wildman–Crippen MR) is 125 cm³/mol. The monoisotopic (exact) mass is 431 g/mol. The molecule has 7 heteroatoms. The highest BCUT2D eigenvalue weighted by Crippen LogP contribution is 2.13. The number of rotatable bonds is 8. The molecule has 0 saturated carbocycles. The van der Waals surface area contributed by atoms with Crippen molar-refractivity contribution in [2.45, 2.75) is 40.3 Å². The Hall–Kier alpha value is -3.74. The SMILES string of the molecule is CCNC(=O)c1cc(C(=O)N[C@@H](C)C=Cc2cnn(Cc3ccc(C)cc3C)c2)ccn1. The highest BCUT2D eigenvalue weighted by Gasteiger charge is 2.12. The van der Waals surface area contributed by atoms with Gasteiger partial charge < -0.3 is 10.6 Å². The van der Waals surface area contributed by atoms with E-state index in [-0.39, 0.29) is 23.6 Å². The smallest absolute Gasteiger partial charge is 0.269 e. The van der Waals surface area contributed by atoms with E-state index >= 15 is 0 Å². The summed E-state index contributed by atoms with van der Waals surface area (Å²) in [6.07, 6.45) is 9.08. The van der Waals surface area contributed by atoms with E-state index in [2.05, 4.69) is 52.8 Å². The number of aryl methyl sites for hydroxylation is 2. The largest absolute Gasteiger partial charge is 0.351 e. The minimum atomic E-state index is -0.298. The van der Waals surface area contributed by atoms with Gasteiger partial charge in [-0.25, -0.2) is 0 Å². The molecular weight excluding hydrogens is 402 g/mol. The summed E-state index contributed by atoms with van der Waals surface area (Å²) in [7, 11) is 0. The highest BCUT2D eigenvalue weighted by atomic mass is 16.2. The average Bonchev–Trinajstić information content (AvgIpc) is 3.22. The van der Waals surface area contributed by atoms with Gasteiger partial charge in [-0.2, -0.15) is 5.10 Å². The maximum absolute atomic E-state index is 12.5. The molecule has 7 nitrogen and oxygen atoms in total. The molecule has 0 unspecified atom stereocenters. The first kappa shape index (κ1) is 22.9. The predicted octanol–water partition coefficient (Wildman–Crippen LogP) is 3.52. The Labute approximate surface area is 188 Å². The van der Waals surface area contributed by atoms with Crippen molar-refractivity contribution in [2.24, 2.45) is 0 Å². The number of benzene rings is 1. The Kier molecular flexibility index (Phi) is 7.54. The van der Waals surface area contributed by atoms with Gasteiger partial charge in [0.05, 0.1) is 12.7 Å². The molecule has 0 aliphatic carbocycles. The van der Waals surface area contributed by atoms with Gasteiger partial charge in [-0.15, -0.1) is 0 Å². The molecule has 1 aromatic carbocycles. The lowest BCUT2D eigenvalue weighted by molar-refractivity contribution is 0.0947. The molecular formula is C25H29N5O2. The summed E-state index contributed by atoms with van der Waals surface area (Å²) in [6.45, 7) is 9.13. The van der Waals surface area contributed by atoms with Crippen molar-refractivity contribution in [2.75, 3.05) is 6.54 Å². The van der Waals surface area contributed by atoms with Crippen LogP contribution in [0.4, 0.5) is 0 Å². The van der Waals surface area contributed by atoms with Crippen LogP contribution in [0.1, 0.15) is 56.9 Å². The van der Waals surface area contributed by atoms with Crippen LogP contribution in [0.15, 0.2) is 55.0 Å². The van der Waals surface area contributed by atoms with E-state index in [1.807, 2.05) is 36.9 Å². The van der Waals surface area contributed by atoms with Gasteiger partial charge in [-0.3, -0.25) is 19.3 Å². The molecule has 0 fully saturated rings. The fourth-order valence-electron chi connectivity index (χ4n) is 3.29. The van der Waals surface area contributed by atoms with Crippen LogP contribution in [0.25, 0.3) is 6.08 Å². The van der Waals surface area contributed by atoms with Crippen LogP contribution in [0.5, 0.6) is 0 Å². The van der Waals surface area contributed by atoms with Gasteiger partial charge in [0.15, 0.2) is 0 Å². The molecule has 0 aliphatic rings. The second kappa shape index (κ2) is 10.5. The highest BCUT2D eigenvalue weighted by molar-refractivity contribution is 5.98. The molecule has 2 heterocycles. The number of hydrogen-bond donors (Lipinski definition) is 2. The second-order valence-corrected chi connectivity index (χ2v) is 7.81. The number of carbonyl (C=O) groups excluding carboxylic acids is 2. The first-order valence-electron chi connectivity index (χ1n) is 10.7. The van der Waals surface area contributed by atoms with Crippen molar-refractivity contribution in [3.8, 4) is 0 Å². The average molecular weight is 432 g/mol. The first-order valence-corrected chi connectivity index (χ1v) is 10.7. The van der Waals surface area contributed by atoms with Crippen LogP contribution in [0.3, 0.4) is 0 Å². The van der Waals surface area contributed by atoms with Crippen molar-refractivity contribution < 1.29 is 9.59 Å². The third-order valence-corrected chi connectivity index (χ3v) is 5.01. The lowest BCUT2D eigenvalue weighted by Gasteiger charge is -2.10. The molecule has 0 bridgehead atoms. The van der Waals surface area contributed by atoms with E-state index in [1.165, 1.54) is 29.0 Å². The summed E-state index contributed by atoms with van der Waals surface area (Å²) in [5, 5.41) is 10.0. The Bertz CT molecular complexity index is 1130. The zero-order chi connectivity index (χ0) is 23.1. The molecule has 2 aromatic heterocycles. The van der Waals surface area contributed by atoms with E-state index < -0.39 is 0 Å². The van der Waals surface area contributed by atoms with E-state index in [9.17, 15) is 9.59 Å². The van der Waals surface area contributed by atoms with Crippen molar-refractivity contribution in [3.63, 3.8) is 0 Å². The third kappa shape index (κ3) is 6.14. The number of amides is 2. The Morgan fingerprint density at radius 3 is 2.72 bits per heavy atom. The molecule has 0 saturated heterocycles. The van der Waals surface area contributed by atoms with Crippen molar-refractivity contribution in [3.05, 3.63) is 88.5 Å². The van der Waals surface area contributed by atoms with E-state index in [4.69, 9.17) is 0 Å². The molecule has 3 aromatic rings. The van der Waals surface area contributed by atoms with Crippen molar-refractivity contribution >= 4 is 17.9 Å². The standard InChI is InChI=1S/C25H29N5O2/c1-5-26-25(32)23-13-21(10-11-27-23)24(31)29-19(4)7-8-20-14-28-30(15-20)16-22-9-6-17(2)12-18(22)3/h6-15,19H,5,16H2,1-4H3,(H,26,32)(H,29,31)/t19-/m0/s1. The minimum absolute atomic E-state index is 0.203.